The van der Waals surface area contributed by atoms with Gasteiger partial charge in [-0.2, -0.15) is 26.3 Å². The summed E-state index contributed by atoms with van der Waals surface area (Å²) in [7, 11) is 0. The molecule has 0 aromatic carbocycles. The van der Waals surface area contributed by atoms with Crippen LogP contribution in [-0.2, 0) is 9.53 Å². The Morgan fingerprint density at radius 3 is 2.06 bits per heavy atom. The molecule has 0 amide bonds. The van der Waals surface area contributed by atoms with Crippen LogP contribution in [0.25, 0.3) is 0 Å². The fourth-order valence-electron chi connectivity index (χ4n) is 0.858. The number of carboxylic acid groups (broad SMARTS) is 1. The second-order valence-electron chi connectivity index (χ2n) is 3.52. The number of carboxylic acids is 1. The number of hydrogen-bond acceptors (Lipinski definition) is 3. The SMILES string of the molecule is CC(NCCOCC(F)(F)F)(C(=O)O)C(F)(F)F. The van der Waals surface area contributed by atoms with Crippen molar-refractivity contribution in [2.45, 2.75) is 24.8 Å². The molecule has 0 aliphatic heterocycles. The molecule has 0 radical (unpaired) electrons. The van der Waals surface area contributed by atoms with E-state index in [1.165, 1.54) is 0 Å². The van der Waals surface area contributed by atoms with Crippen molar-refractivity contribution in [2.75, 3.05) is 19.8 Å². The van der Waals surface area contributed by atoms with Crippen LogP contribution in [0.2, 0.25) is 0 Å². The first-order chi connectivity index (χ1) is 7.90. The van der Waals surface area contributed by atoms with Crippen molar-refractivity contribution in [3.63, 3.8) is 0 Å². The highest BCUT2D eigenvalue weighted by molar-refractivity contribution is 5.79. The van der Waals surface area contributed by atoms with E-state index in [1.54, 1.807) is 5.32 Å². The van der Waals surface area contributed by atoms with Gasteiger partial charge in [0.25, 0.3) is 0 Å². The fourth-order valence-corrected chi connectivity index (χ4v) is 0.858. The Morgan fingerprint density at radius 2 is 1.72 bits per heavy atom. The zero-order valence-corrected chi connectivity index (χ0v) is 9.15. The van der Waals surface area contributed by atoms with E-state index in [4.69, 9.17) is 5.11 Å². The van der Waals surface area contributed by atoms with Gasteiger partial charge in [-0.25, -0.2) is 4.79 Å². The van der Waals surface area contributed by atoms with Gasteiger partial charge in [0.2, 0.25) is 5.54 Å². The van der Waals surface area contributed by atoms with E-state index in [0.29, 0.717) is 6.92 Å². The van der Waals surface area contributed by atoms with Gasteiger partial charge in [0.05, 0.1) is 6.61 Å². The monoisotopic (exact) mass is 283 g/mol. The van der Waals surface area contributed by atoms with Crippen molar-refractivity contribution in [2.24, 2.45) is 0 Å². The Labute approximate surface area is 97.9 Å². The summed E-state index contributed by atoms with van der Waals surface area (Å²) in [5.74, 6) is -2.18. The van der Waals surface area contributed by atoms with Crippen molar-refractivity contribution in [1.29, 1.82) is 0 Å². The van der Waals surface area contributed by atoms with E-state index >= 15 is 0 Å². The molecule has 1 atom stereocenters. The van der Waals surface area contributed by atoms with E-state index in [2.05, 4.69) is 4.74 Å². The Bertz CT molecular complexity index is 290. The number of nitrogens with one attached hydrogen (secondary N) is 1. The van der Waals surface area contributed by atoms with E-state index in [9.17, 15) is 31.1 Å². The van der Waals surface area contributed by atoms with Gasteiger partial charge in [-0.05, 0) is 6.92 Å². The first-order valence-corrected chi connectivity index (χ1v) is 4.60. The minimum Gasteiger partial charge on any atom is -0.480 e. The number of ether oxygens (including phenoxy) is 1. The third kappa shape index (κ3) is 5.08. The molecule has 10 heteroatoms. The standard InChI is InChI=1S/C8H11F6NO3/c1-6(5(16)17,8(12,13)14)15-2-3-18-4-7(9,10)11/h15H,2-4H2,1H3,(H,16,17). The Balaban J connectivity index is 4.21. The molecule has 4 nitrogen and oxygen atoms in total. The average Bonchev–Trinajstić information content (AvgIpc) is 2.12. The number of alkyl halides is 6. The molecule has 0 fully saturated rings. The normalized spacial score (nSPS) is 16.4. The highest BCUT2D eigenvalue weighted by Crippen LogP contribution is 2.30. The number of carbonyl (C=O) groups is 1. The van der Waals surface area contributed by atoms with E-state index in [1.807, 2.05) is 0 Å². The van der Waals surface area contributed by atoms with Gasteiger partial charge in [0.1, 0.15) is 6.61 Å². The molecule has 0 aromatic heterocycles. The first-order valence-electron chi connectivity index (χ1n) is 4.60. The summed E-state index contributed by atoms with van der Waals surface area (Å²) >= 11 is 0. The highest BCUT2D eigenvalue weighted by Gasteiger charge is 2.57. The summed E-state index contributed by atoms with van der Waals surface area (Å²) in [6, 6.07) is 0. The third-order valence-electron chi connectivity index (χ3n) is 1.99. The maximum atomic E-state index is 12.4. The Kier molecular flexibility index (Phi) is 5.41. The molecule has 2 N–H and O–H groups in total. The Morgan fingerprint density at radius 1 is 1.22 bits per heavy atom. The van der Waals surface area contributed by atoms with Crippen LogP contribution in [-0.4, -0.2) is 48.7 Å². The van der Waals surface area contributed by atoms with Crippen molar-refractivity contribution in [1.82, 2.24) is 5.32 Å². The fraction of sp³-hybridized carbons (Fsp3) is 0.875. The summed E-state index contributed by atoms with van der Waals surface area (Å²) in [4.78, 5) is 10.5. The molecule has 108 valence electrons. The highest BCUT2D eigenvalue weighted by atomic mass is 19.4. The summed E-state index contributed by atoms with van der Waals surface area (Å²) in [6.07, 6.45) is -9.66. The van der Waals surface area contributed by atoms with Crippen molar-refractivity contribution < 1.29 is 41.0 Å². The van der Waals surface area contributed by atoms with Gasteiger partial charge < -0.3 is 9.84 Å². The van der Waals surface area contributed by atoms with E-state index in [-0.39, 0.29) is 0 Å². The molecule has 0 aromatic rings. The van der Waals surface area contributed by atoms with Crippen LogP contribution in [0.5, 0.6) is 0 Å². The lowest BCUT2D eigenvalue weighted by molar-refractivity contribution is -0.207. The van der Waals surface area contributed by atoms with Crippen molar-refractivity contribution >= 4 is 5.97 Å². The van der Waals surface area contributed by atoms with Crippen LogP contribution in [0.4, 0.5) is 26.3 Å². The largest absolute Gasteiger partial charge is 0.480 e. The summed E-state index contributed by atoms with van der Waals surface area (Å²) in [6.45, 7) is -2.61. The molecular weight excluding hydrogens is 272 g/mol. The molecular formula is C8H11F6NO3. The second kappa shape index (κ2) is 5.74. The van der Waals surface area contributed by atoms with Crippen LogP contribution >= 0.6 is 0 Å². The molecule has 0 aliphatic carbocycles. The quantitative estimate of drug-likeness (QED) is 0.574. The van der Waals surface area contributed by atoms with Crippen LogP contribution in [0.1, 0.15) is 6.92 Å². The maximum absolute atomic E-state index is 12.4. The lowest BCUT2D eigenvalue weighted by atomic mass is 10.0. The van der Waals surface area contributed by atoms with Crippen LogP contribution in [0, 0.1) is 0 Å². The molecule has 1 unspecified atom stereocenters. The molecule has 0 heterocycles. The maximum Gasteiger partial charge on any atom is 0.417 e. The zero-order valence-electron chi connectivity index (χ0n) is 9.15. The minimum atomic E-state index is -5.08. The van der Waals surface area contributed by atoms with Gasteiger partial charge in [0, 0.05) is 6.54 Å². The van der Waals surface area contributed by atoms with Crippen molar-refractivity contribution in [3.05, 3.63) is 0 Å². The number of hydrogen-bond donors (Lipinski definition) is 2. The van der Waals surface area contributed by atoms with Gasteiger partial charge >= 0.3 is 18.3 Å². The van der Waals surface area contributed by atoms with E-state index in [0.717, 1.165) is 0 Å². The molecule has 0 saturated carbocycles. The minimum absolute atomic E-state index is 0.374. The van der Waals surface area contributed by atoms with E-state index < -0.39 is 43.6 Å². The smallest absolute Gasteiger partial charge is 0.417 e. The number of rotatable bonds is 6. The van der Waals surface area contributed by atoms with Crippen molar-refractivity contribution in [3.8, 4) is 0 Å². The first kappa shape index (κ1) is 17.0. The van der Waals surface area contributed by atoms with Crippen LogP contribution in [0.3, 0.4) is 0 Å². The van der Waals surface area contributed by atoms with Gasteiger partial charge in [-0.3, -0.25) is 5.32 Å². The average molecular weight is 283 g/mol. The molecule has 0 rings (SSSR count). The molecule has 0 bridgehead atoms. The third-order valence-corrected chi connectivity index (χ3v) is 1.99. The molecule has 0 spiro atoms. The molecule has 18 heavy (non-hydrogen) atoms. The molecule has 0 aliphatic rings. The number of halogens is 6. The van der Waals surface area contributed by atoms with Crippen LogP contribution < -0.4 is 5.32 Å². The summed E-state index contributed by atoms with van der Waals surface area (Å²) in [5.41, 5.74) is -3.23. The van der Waals surface area contributed by atoms with Crippen LogP contribution in [0.15, 0.2) is 0 Å². The predicted molar refractivity (Wildman–Crippen MR) is 47.0 cm³/mol. The Hall–Kier alpha value is -1.03. The summed E-state index contributed by atoms with van der Waals surface area (Å²) < 4.78 is 76.1. The lowest BCUT2D eigenvalue weighted by Gasteiger charge is -2.28. The second-order valence-corrected chi connectivity index (χ2v) is 3.52. The lowest BCUT2D eigenvalue weighted by Crippen LogP contribution is -2.60. The zero-order chi connectivity index (χ0) is 14.6. The molecule has 0 saturated heterocycles. The van der Waals surface area contributed by atoms with Gasteiger partial charge in [-0.15, -0.1) is 0 Å². The number of aliphatic carboxylic acids is 1. The van der Waals surface area contributed by atoms with Gasteiger partial charge in [-0.1, -0.05) is 0 Å². The summed E-state index contributed by atoms with van der Waals surface area (Å²) in [5, 5.41) is 10.1. The predicted octanol–water partition coefficient (Wildman–Crippen LogP) is 1.56. The van der Waals surface area contributed by atoms with Gasteiger partial charge in [0.15, 0.2) is 0 Å². The topological polar surface area (TPSA) is 58.6 Å².